The van der Waals surface area contributed by atoms with Crippen molar-refractivity contribution in [2.45, 2.75) is 32.8 Å². The second kappa shape index (κ2) is 5.32. The molecule has 1 heterocycles. The molecular formula is C19H19NO3. The van der Waals surface area contributed by atoms with E-state index in [0.717, 1.165) is 16.7 Å². The average Bonchev–Trinajstić information content (AvgIpc) is 2.73. The summed E-state index contributed by atoms with van der Waals surface area (Å²) >= 11 is 0. The normalized spacial score (nSPS) is 19.4. The fourth-order valence-corrected chi connectivity index (χ4v) is 2.88. The predicted octanol–water partition coefficient (Wildman–Crippen LogP) is 3.02. The van der Waals surface area contributed by atoms with Crippen LogP contribution in [-0.4, -0.2) is 16.8 Å². The third kappa shape index (κ3) is 2.55. The van der Waals surface area contributed by atoms with Crippen LogP contribution in [0.5, 0.6) is 0 Å². The predicted molar refractivity (Wildman–Crippen MR) is 88.6 cm³/mol. The Bertz CT molecular complexity index is 825. The molecule has 0 saturated heterocycles. The van der Waals surface area contributed by atoms with Gasteiger partial charge in [0.05, 0.1) is 6.42 Å². The monoisotopic (exact) mass is 309 g/mol. The zero-order valence-corrected chi connectivity index (χ0v) is 13.4. The second-order valence-electron chi connectivity index (χ2n) is 6.26. The first-order valence-corrected chi connectivity index (χ1v) is 7.57. The van der Waals surface area contributed by atoms with Gasteiger partial charge in [-0.15, -0.1) is 0 Å². The maximum Gasteiger partial charge on any atom is 0.261 e. The molecule has 0 aromatic heterocycles. The van der Waals surface area contributed by atoms with Crippen LogP contribution >= 0.6 is 0 Å². The summed E-state index contributed by atoms with van der Waals surface area (Å²) in [6.07, 6.45) is -0.266. The standard InChI is InChI=1S/C19H19NO3/c1-11-4-7-16-15(8-11)19(23,18(22)20-16)10-17(21)14-6-5-12(2)13(3)9-14/h4-9,23H,10H2,1-3H3,(H,20,22). The molecule has 4 heteroatoms. The first-order valence-electron chi connectivity index (χ1n) is 7.57. The SMILES string of the molecule is Cc1ccc2c(c1)C(O)(CC(=O)c1ccc(C)c(C)c1)C(=O)N2. The van der Waals surface area contributed by atoms with E-state index in [4.69, 9.17) is 0 Å². The Kier molecular flexibility index (Phi) is 3.57. The minimum Gasteiger partial charge on any atom is -0.375 e. The number of carbonyl (C=O) groups is 2. The molecule has 23 heavy (non-hydrogen) atoms. The first kappa shape index (κ1) is 15.4. The molecule has 0 aliphatic carbocycles. The molecule has 1 aliphatic heterocycles. The Labute approximate surface area is 135 Å². The molecule has 3 rings (SSSR count). The molecule has 2 N–H and O–H groups in total. The highest BCUT2D eigenvalue weighted by molar-refractivity contribution is 6.09. The van der Waals surface area contributed by atoms with E-state index in [2.05, 4.69) is 5.32 Å². The lowest BCUT2D eigenvalue weighted by atomic mass is 9.87. The van der Waals surface area contributed by atoms with Gasteiger partial charge in [0, 0.05) is 16.8 Å². The first-order chi connectivity index (χ1) is 10.8. The summed E-state index contributed by atoms with van der Waals surface area (Å²) in [6.45, 7) is 5.79. The van der Waals surface area contributed by atoms with Gasteiger partial charge in [-0.25, -0.2) is 0 Å². The summed E-state index contributed by atoms with van der Waals surface area (Å²) in [5, 5.41) is 13.5. The van der Waals surface area contributed by atoms with Crippen LogP contribution in [0.25, 0.3) is 0 Å². The Morgan fingerprint density at radius 1 is 1.09 bits per heavy atom. The van der Waals surface area contributed by atoms with E-state index in [0.29, 0.717) is 16.8 Å². The van der Waals surface area contributed by atoms with Crippen molar-refractivity contribution in [2.75, 3.05) is 5.32 Å². The number of fused-ring (bicyclic) bond motifs is 1. The maximum atomic E-state index is 12.6. The van der Waals surface area contributed by atoms with Crippen molar-refractivity contribution in [1.29, 1.82) is 0 Å². The van der Waals surface area contributed by atoms with E-state index >= 15 is 0 Å². The molecule has 118 valence electrons. The molecule has 1 aliphatic rings. The molecule has 0 saturated carbocycles. The van der Waals surface area contributed by atoms with Crippen LogP contribution in [0.1, 0.15) is 39.0 Å². The number of aliphatic hydroxyl groups is 1. The highest BCUT2D eigenvalue weighted by atomic mass is 16.3. The van der Waals surface area contributed by atoms with Crippen LogP contribution in [0.15, 0.2) is 36.4 Å². The summed E-state index contributed by atoms with van der Waals surface area (Å²) in [7, 11) is 0. The Morgan fingerprint density at radius 3 is 2.52 bits per heavy atom. The molecule has 2 aromatic carbocycles. The van der Waals surface area contributed by atoms with Crippen molar-refractivity contribution in [3.05, 3.63) is 64.2 Å². The van der Waals surface area contributed by atoms with Crippen LogP contribution in [0, 0.1) is 20.8 Å². The summed E-state index contributed by atoms with van der Waals surface area (Å²) in [5.41, 5.74) is 2.77. The summed E-state index contributed by atoms with van der Waals surface area (Å²) in [6, 6.07) is 10.8. The van der Waals surface area contributed by atoms with Gasteiger partial charge < -0.3 is 10.4 Å². The van der Waals surface area contributed by atoms with Gasteiger partial charge in [0.15, 0.2) is 11.4 Å². The van der Waals surface area contributed by atoms with Gasteiger partial charge in [0.25, 0.3) is 5.91 Å². The van der Waals surface area contributed by atoms with E-state index in [1.807, 2.05) is 32.9 Å². The third-order valence-electron chi connectivity index (χ3n) is 4.49. The fourth-order valence-electron chi connectivity index (χ4n) is 2.88. The number of anilines is 1. The molecular weight excluding hydrogens is 290 g/mol. The highest BCUT2D eigenvalue weighted by Crippen LogP contribution is 2.39. The van der Waals surface area contributed by atoms with Gasteiger partial charge in [-0.2, -0.15) is 0 Å². The van der Waals surface area contributed by atoms with Gasteiger partial charge in [0.2, 0.25) is 0 Å². The van der Waals surface area contributed by atoms with E-state index in [1.54, 1.807) is 24.3 Å². The molecule has 1 atom stereocenters. The fraction of sp³-hybridized carbons (Fsp3) is 0.263. The number of aryl methyl sites for hydroxylation is 3. The number of Topliss-reactive ketones (excluding diaryl/α,β-unsaturated/α-hetero) is 1. The molecule has 0 bridgehead atoms. The van der Waals surface area contributed by atoms with Crippen molar-refractivity contribution in [2.24, 2.45) is 0 Å². The van der Waals surface area contributed by atoms with Gasteiger partial charge in [-0.1, -0.05) is 29.8 Å². The second-order valence-corrected chi connectivity index (χ2v) is 6.26. The van der Waals surface area contributed by atoms with E-state index in [9.17, 15) is 14.7 Å². The number of ketones is 1. The molecule has 0 radical (unpaired) electrons. The smallest absolute Gasteiger partial charge is 0.261 e. The highest BCUT2D eigenvalue weighted by Gasteiger charge is 2.46. The van der Waals surface area contributed by atoms with Crippen LogP contribution in [0.4, 0.5) is 5.69 Å². The summed E-state index contributed by atoms with van der Waals surface area (Å²) in [4.78, 5) is 24.8. The van der Waals surface area contributed by atoms with Gasteiger partial charge in [-0.05, 0) is 44.0 Å². The number of hydrogen-bond donors (Lipinski definition) is 2. The van der Waals surface area contributed by atoms with Gasteiger partial charge in [-0.3, -0.25) is 9.59 Å². The maximum absolute atomic E-state index is 12.6. The minimum atomic E-state index is -1.81. The molecule has 0 fully saturated rings. The van der Waals surface area contributed by atoms with Crippen LogP contribution in [-0.2, 0) is 10.4 Å². The molecule has 0 spiro atoms. The lowest BCUT2D eigenvalue weighted by Crippen LogP contribution is -2.36. The number of carbonyl (C=O) groups excluding carboxylic acids is 2. The number of hydrogen-bond acceptors (Lipinski definition) is 3. The van der Waals surface area contributed by atoms with E-state index < -0.39 is 11.5 Å². The van der Waals surface area contributed by atoms with Crippen LogP contribution in [0.2, 0.25) is 0 Å². The van der Waals surface area contributed by atoms with Crippen LogP contribution < -0.4 is 5.32 Å². The summed E-state index contributed by atoms with van der Waals surface area (Å²) in [5.74, 6) is -0.796. The Morgan fingerprint density at radius 2 is 1.83 bits per heavy atom. The number of rotatable bonds is 3. The molecule has 1 amide bonds. The number of nitrogens with one attached hydrogen (secondary N) is 1. The van der Waals surface area contributed by atoms with E-state index in [1.165, 1.54) is 0 Å². The zero-order chi connectivity index (χ0) is 16.8. The Hall–Kier alpha value is -2.46. The number of benzene rings is 2. The quantitative estimate of drug-likeness (QED) is 0.857. The van der Waals surface area contributed by atoms with Crippen LogP contribution in [0.3, 0.4) is 0 Å². The average molecular weight is 309 g/mol. The van der Waals surface area contributed by atoms with Gasteiger partial charge >= 0.3 is 0 Å². The minimum absolute atomic E-state index is 0.250. The summed E-state index contributed by atoms with van der Waals surface area (Å²) < 4.78 is 0. The topological polar surface area (TPSA) is 66.4 Å². The Balaban J connectivity index is 1.95. The lowest BCUT2D eigenvalue weighted by molar-refractivity contribution is -0.133. The van der Waals surface area contributed by atoms with Crippen molar-refractivity contribution in [1.82, 2.24) is 0 Å². The van der Waals surface area contributed by atoms with Crippen molar-refractivity contribution >= 4 is 17.4 Å². The lowest BCUT2D eigenvalue weighted by Gasteiger charge is -2.20. The molecule has 1 unspecified atom stereocenters. The molecule has 2 aromatic rings. The third-order valence-corrected chi connectivity index (χ3v) is 4.49. The largest absolute Gasteiger partial charge is 0.375 e. The zero-order valence-electron chi connectivity index (χ0n) is 13.4. The number of amides is 1. The van der Waals surface area contributed by atoms with Crippen molar-refractivity contribution in [3.63, 3.8) is 0 Å². The van der Waals surface area contributed by atoms with Gasteiger partial charge in [0.1, 0.15) is 0 Å². The van der Waals surface area contributed by atoms with Crippen molar-refractivity contribution < 1.29 is 14.7 Å². The van der Waals surface area contributed by atoms with E-state index in [-0.39, 0.29) is 12.2 Å². The molecule has 4 nitrogen and oxygen atoms in total. The van der Waals surface area contributed by atoms with Crippen molar-refractivity contribution in [3.8, 4) is 0 Å².